The molecular weight excluding hydrogens is 266 g/mol. The van der Waals surface area contributed by atoms with E-state index in [4.69, 9.17) is 0 Å². The van der Waals surface area contributed by atoms with Crippen molar-refractivity contribution in [2.24, 2.45) is 5.92 Å². The first-order valence-corrected chi connectivity index (χ1v) is 6.62. The number of benzene rings is 1. The Morgan fingerprint density at radius 2 is 2.00 bits per heavy atom. The molecule has 1 atom stereocenters. The number of amides is 1. The SMILES string of the molecule is Cc1ccc(CC(=O)NCC(C)CBr)cc1. The van der Waals surface area contributed by atoms with Crippen LogP contribution in [0.5, 0.6) is 0 Å². The fourth-order valence-electron chi connectivity index (χ4n) is 1.30. The van der Waals surface area contributed by atoms with Gasteiger partial charge < -0.3 is 5.32 Å². The lowest BCUT2D eigenvalue weighted by atomic mass is 10.1. The van der Waals surface area contributed by atoms with Gasteiger partial charge in [0.25, 0.3) is 0 Å². The van der Waals surface area contributed by atoms with Crippen LogP contribution in [0.15, 0.2) is 24.3 Å². The highest BCUT2D eigenvalue weighted by Gasteiger charge is 2.05. The van der Waals surface area contributed by atoms with Crippen molar-refractivity contribution < 1.29 is 4.79 Å². The van der Waals surface area contributed by atoms with E-state index in [1.54, 1.807) is 0 Å². The first kappa shape index (κ1) is 13.2. The first-order valence-electron chi connectivity index (χ1n) is 5.50. The molecule has 0 saturated heterocycles. The Balaban J connectivity index is 2.37. The summed E-state index contributed by atoms with van der Waals surface area (Å²) >= 11 is 3.39. The average molecular weight is 284 g/mol. The zero-order valence-electron chi connectivity index (χ0n) is 9.79. The van der Waals surface area contributed by atoms with E-state index in [2.05, 4.69) is 28.2 Å². The van der Waals surface area contributed by atoms with Crippen LogP contribution in [0.3, 0.4) is 0 Å². The molecule has 0 heterocycles. The predicted octanol–water partition coefficient (Wildman–Crippen LogP) is 2.68. The molecule has 0 aromatic heterocycles. The Morgan fingerprint density at radius 3 is 2.56 bits per heavy atom. The highest BCUT2D eigenvalue weighted by atomic mass is 79.9. The number of alkyl halides is 1. The summed E-state index contributed by atoms with van der Waals surface area (Å²) in [7, 11) is 0. The van der Waals surface area contributed by atoms with Gasteiger partial charge in [-0.3, -0.25) is 4.79 Å². The van der Waals surface area contributed by atoms with Gasteiger partial charge in [0.15, 0.2) is 0 Å². The maximum absolute atomic E-state index is 11.6. The summed E-state index contributed by atoms with van der Waals surface area (Å²) in [6.45, 7) is 4.87. The Labute approximate surface area is 106 Å². The molecule has 0 saturated carbocycles. The van der Waals surface area contributed by atoms with E-state index in [1.165, 1.54) is 5.56 Å². The molecule has 1 amide bonds. The molecule has 0 radical (unpaired) electrons. The molecule has 0 aliphatic rings. The minimum absolute atomic E-state index is 0.0941. The third kappa shape index (κ3) is 4.79. The fourth-order valence-corrected chi connectivity index (χ4v) is 1.53. The van der Waals surface area contributed by atoms with Gasteiger partial charge in [0.1, 0.15) is 0 Å². The highest BCUT2D eigenvalue weighted by Crippen LogP contribution is 2.04. The molecule has 0 bridgehead atoms. The van der Waals surface area contributed by atoms with Crippen LogP contribution < -0.4 is 5.32 Å². The lowest BCUT2D eigenvalue weighted by molar-refractivity contribution is -0.120. The van der Waals surface area contributed by atoms with Crippen LogP contribution in [-0.2, 0) is 11.2 Å². The predicted molar refractivity (Wildman–Crippen MR) is 70.9 cm³/mol. The number of carbonyl (C=O) groups is 1. The standard InChI is InChI=1S/C13H18BrNO/c1-10-3-5-12(6-4-10)7-13(16)15-9-11(2)8-14/h3-6,11H,7-9H2,1-2H3,(H,15,16). The van der Waals surface area contributed by atoms with Crippen LogP contribution in [0.2, 0.25) is 0 Å². The molecule has 1 N–H and O–H groups in total. The van der Waals surface area contributed by atoms with Crippen LogP contribution in [0.4, 0.5) is 0 Å². The lowest BCUT2D eigenvalue weighted by Gasteiger charge is -2.09. The zero-order chi connectivity index (χ0) is 12.0. The molecule has 88 valence electrons. The van der Waals surface area contributed by atoms with Crippen molar-refractivity contribution in [1.29, 1.82) is 0 Å². The summed E-state index contributed by atoms with van der Waals surface area (Å²) in [6, 6.07) is 8.07. The van der Waals surface area contributed by atoms with E-state index in [1.807, 2.05) is 31.2 Å². The molecule has 0 fully saturated rings. The third-order valence-corrected chi connectivity index (χ3v) is 3.50. The number of carbonyl (C=O) groups excluding carboxylic acids is 1. The van der Waals surface area contributed by atoms with Crippen LogP contribution >= 0.6 is 15.9 Å². The van der Waals surface area contributed by atoms with E-state index in [9.17, 15) is 4.79 Å². The van der Waals surface area contributed by atoms with Crippen molar-refractivity contribution in [3.05, 3.63) is 35.4 Å². The second-order valence-corrected chi connectivity index (χ2v) is 4.87. The molecule has 1 aromatic rings. The van der Waals surface area contributed by atoms with Gasteiger partial charge >= 0.3 is 0 Å². The molecule has 0 spiro atoms. The summed E-state index contributed by atoms with van der Waals surface area (Å²) < 4.78 is 0. The Bertz CT molecular complexity index is 334. The number of rotatable bonds is 5. The van der Waals surface area contributed by atoms with Gasteiger partial charge in [-0.25, -0.2) is 0 Å². The Hall–Kier alpha value is -0.830. The number of nitrogens with one attached hydrogen (secondary N) is 1. The number of aryl methyl sites for hydroxylation is 1. The topological polar surface area (TPSA) is 29.1 Å². The number of hydrogen-bond donors (Lipinski definition) is 1. The lowest BCUT2D eigenvalue weighted by Crippen LogP contribution is -2.30. The van der Waals surface area contributed by atoms with E-state index < -0.39 is 0 Å². The molecule has 1 aromatic carbocycles. The summed E-state index contributed by atoms with van der Waals surface area (Å²) in [4.78, 5) is 11.6. The number of halogens is 1. The van der Waals surface area contributed by atoms with Crippen LogP contribution in [0, 0.1) is 12.8 Å². The smallest absolute Gasteiger partial charge is 0.224 e. The second-order valence-electron chi connectivity index (χ2n) is 4.23. The number of hydrogen-bond acceptors (Lipinski definition) is 1. The average Bonchev–Trinajstić information content (AvgIpc) is 2.29. The van der Waals surface area contributed by atoms with E-state index in [-0.39, 0.29) is 5.91 Å². The maximum atomic E-state index is 11.6. The van der Waals surface area contributed by atoms with E-state index in [0.29, 0.717) is 12.3 Å². The van der Waals surface area contributed by atoms with Crippen LogP contribution in [0.1, 0.15) is 18.1 Å². The minimum Gasteiger partial charge on any atom is -0.356 e. The largest absolute Gasteiger partial charge is 0.356 e. The fraction of sp³-hybridized carbons (Fsp3) is 0.462. The highest BCUT2D eigenvalue weighted by molar-refractivity contribution is 9.09. The van der Waals surface area contributed by atoms with Crippen molar-refractivity contribution in [2.45, 2.75) is 20.3 Å². The molecule has 16 heavy (non-hydrogen) atoms. The summed E-state index contributed by atoms with van der Waals surface area (Å²) in [6.07, 6.45) is 0.468. The van der Waals surface area contributed by atoms with Gasteiger partial charge in [-0.2, -0.15) is 0 Å². The Morgan fingerprint density at radius 1 is 1.38 bits per heavy atom. The van der Waals surface area contributed by atoms with Gasteiger partial charge in [0, 0.05) is 11.9 Å². The molecular formula is C13H18BrNO. The van der Waals surface area contributed by atoms with Crippen molar-refractivity contribution >= 4 is 21.8 Å². The monoisotopic (exact) mass is 283 g/mol. The van der Waals surface area contributed by atoms with E-state index in [0.717, 1.165) is 17.4 Å². The zero-order valence-corrected chi connectivity index (χ0v) is 11.4. The van der Waals surface area contributed by atoms with Gasteiger partial charge in [-0.1, -0.05) is 52.7 Å². The van der Waals surface area contributed by atoms with Crippen molar-refractivity contribution in [1.82, 2.24) is 5.32 Å². The van der Waals surface area contributed by atoms with E-state index >= 15 is 0 Å². The Kier molecular flexibility index (Phi) is 5.53. The maximum Gasteiger partial charge on any atom is 0.224 e. The van der Waals surface area contributed by atoms with Crippen molar-refractivity contribution in [3.63, 3.8) is 0 Å². The molecule has 0 aliphatic heterocycles. The molecule has 3 heteroatoms. The first-order chi connectivity index (χ1) is 7.61. The summed E-state index contributed by atoms with van der Waals surface area (Å²) in [5, 5.41) is 3.84. The molecule has 0 aliphatic carbocycles. The third-order valence-electron chi connectivity index (χ3n) is 2.40. The minimum atomic E-state index is 0.0941. The normalized spacial score (nSPS) is 12.2. The van der Waals surface area contributed by atoms with Crippen LogP contribution in [-0.4, -0.2) is 17.8 Å². The van der Waals surface area contributed by atoms with Gasteiger partial charge in [-0.15, -0.1) is 0 Å². The summed E-state index contributed by atoms with van der Waals surface area (Å²) in [5.74, 6) is 0.568. The van der Waals surface area contributed by atoms with Crippen LogP contribution in [0.25, 0.3) is 0 Å². The van der Waals surface area contributed by atoms with Crippen molar-refractivity contribution in [3.8, 4) is 0 Å². The van der Waals surface area contributed by atoms with Gasteiger partial charge in [-0.05, 0) is 18.4 Å². The molecule has 2 nitrogen and oxygen atoms in total. The summed E-state index contributed by atoms with van der Waals surface area (Å²) in [5.41, 5.74) is 2.28. The second kappa shape index (κ2) is 6.69. The molecule has 1 rings (SSSR count). The molecule has 1 unspecified atom stereocenters. The van der Waals surface area contributed by atoms with Gasteiger partial charge in [0.05, 0.1) is 6.42 Å². The quantitative estimate of drug-likeness (QED) is 0.828. The van der Waals surface area contributed by atoms with Gasteiger partial charge in [0.2, 0.25) is 5.91 Å². The van der Waals surface area contributed by atoms with Crippen molar-refractivity contribution in [2.75, 3.05) is 11.9 Å².